The molecular formula is C16H30N2O5. The summed E-state index contributed by atoms with van der Waals surface area (Å²) in [7, 11) is 1.29. The van der Waals surface area contributed by atoms with Crippen molar-refractivity contribution in [2.75, 3.05) is 7.11 Å². The maximum absolute atomic E-state index is 12.0. The van der Waals surface area contributed by atoms with Gasteiger partial charge in [-0.3, -0.25) is 0 Å². The Morgan fingerprint density at radius 3 is 2.35 bits per heavy atom. The Morgan fingerprint density at radius 2 is 1.74 bits per heavy atom. The Kier molecular flexibility index (Phi) is 6.91. The second kappa shape index (κ2) is 8.48. The topological polar surface area (TPSA) is 84.6 Å². The first-order valence-electron chi connectivity index (χ1n) is 8.83. The van der Waals surface area contributed by atoms with Gasteiger partial charge in [-0.05, 0) is 47.5 Å². The van der Waals surface area contributed by atoms with Gasteiger partial charge in [0.05, 0.1) is 7.11 Å². The summed E-state index contributed by atoms with van der Waals surface area (Å²) in [5.41, 5.74) is -0.596. The van der Waals surface area contributed by atoms with E-state index in [9.17, 15) is 10.1 Å². The van der Waals surface area contributed by atoms with E-state index in [4.69, 9.17) is 0 Å². The smallest absolute Gasteiger partial charge is 0.120 e. The minimum atomic E-state index is -0.547. The van der Waals surface area contributed by atoms with Crippen LogP contribution in [0, 0.1) is 15.5 Å². The van der Waals surface area contributed by atoms with E-state index >= 15 is 0 Å². The molecule has 0 radical (unpaired) electrons. The molecule has 0 saturated heterocycles. The van der Waals surface area contributed by atoms with Gasteiger partial charge in [-0.15, -0.1) is 0 Å². The molecule has 0 amide bonds. The molecule has 2 aliphatic carbocycles. The summed E-state index contributed by atoms with van der Waals surface area (Å²) in [6, 6.07) is -0.247. The summed E-state index contributed by atoms with van der Waals surface area (Å²) in [4.78, 5) is 20.8. The van der Waals surface area contributed by atoms with Crippen LogP contribution in [0.25, 0.3) is 0 Å². The van der Waals surface area contributed by atoms with Crippen LogP contribution in [-0.4, -0.2) is 18.7 Å². The van der Waals surface area contributed by atoms with Crippen LogP contribution < -0.4 is 5.23 Å². The number of nitrogens with zero attached hydrogens (tertiary/aromatic N) is 1. The molecule has 0 spiro atoms. The van der Waals surface area contributed by atoms with Crippen molar-refractivity contribution in [1.82, 2.24) is 0 Å². The second-order valence-electron chi connectivity index (χ2n) is 7.36. The lowest BCUT2D eigenvalue weighted by atomic mass is 9.63. The van der Waals surface area contributed by atoms with Gasteiger partial charge < -0.3 is 5.21 Å². The van der Waals surface area contributed by atoms with Crippen molar-refractivity contribution in [3.8, 4) is 0 Å². The van der Waals surface area contributed by atoms with Gasteiger partial charge in [0.1, 0.15) is 11.6 Å². The number of hydroxylamine groups is 2. The number of nitroso groups, excluding NO2 is 1. The summed E-state index contributed by atoms with van der Waals surface area (Å²) < 4.78 is 0. The quantitative estimate of drug-likeness (QED) is 0.350. The fourth-order valence-corrected chi connectivity index (χ4v) is 4.47. The van der Waals surface area contributed by atoms with E-state index in [0.717, 1.165) is 25.7 Å². The van der Waals surface area contributed by atoms with Crippen molar-refractivity contribution in [3.63, 3.8) is 0 Å². The van der Waals surface area contributed by atoms with Crippen LogP contribution in [0.15, 0.2) is 5.18 Å². The lowest BCUT2D eigenvalue weighted by molar-refractivity contribution is -1.14. The number of hydrogen-bond acceptors (Lipinski definition) is 6. The molecule has 2 aliphatic rings. The molecule has 0 aromatic rings. The minimum absolute atomic E-state index is 0.0485. The van der Waals surface area contributed by atoms with Gasteiger partial charge in [0.2, 0.25) is 0 Å². The van der Waals surface area contributed by atoms with Crippen LogP contribution in [0.5, 0.6) is 0 Å². The molecule has 7 heteroatoms. The first-order valence-corrected chi connectivity index (χ1v) is 8.83. The Bertz CT molecular complexity index is 373. The number of quaternary nitrogens is 1. The third kappa shape index (κ3) is 4.28. The molecule has 2 saturated carbocycles. The zero-order valence-electron chi connectivity index (χ0n) is 14.3. The van der Waals surface area contributed by atoms with Crippen LogP contribution in [0.1, 0.15) is 77.6 Å². The van der Waals surface area contributed by atoms with E-state index in [1.165, 1.54) is 32.8 Å². The summed E-state index contributed by atoms with van der Waals surface area (Å²) in [5.74, 6) is 0. The van der Waals surface area contributed by atoms with E-state index in [2.05, 4.69) is 27.0 Å². The normalized spacial score (nSPS) is 33.4. The van der Waals surface area contributed by atoms with Gasteiger partial charge in [0.15, 0.2) is 0 Å². The van der Waals surface area contributed by atoms with Gasteiger partial charge in [-0.25, -0.2) is 4.89 Å². The SMILES string of the molecule is COOO[NH+]([O-])C1CCCC(N=O)(C2(C)CCCCCC2)CC1. The van der Waals surface area contributed by atoms with Crippen LogP contribution in [0.4, 0.5) is 0 Å². The highest BCUT2D eigenvalue weighted by molar-refractivity contribution is 5.04. The molecule has 1 N–H and O–H groups in total. The van der Waals surface area contributed by atoms with E-state index in [1.54, 1.807) is 0 Å². The van der Waals surface area contributed by atoms with Gasteiger partial charge in [-0.2, -0.15) is 10.1 Å². The zero-order valence-corrected chi connectivity index (χ0v) is 14.3. The molecule has 134 valence electrons. The van der Waals surface area contributed by atoms with Gasteiger partial charge in [0.25, 0.3) is 0 Å². The van der Waals surface area contributed by atoms with Crippen molar-refractivity contribution < 1.29 is 20.1 Å². The fraction of sp³-hybridized carbons (Fsp3) is 1.00. The van der Waals surface area contributed by atoms with Gasteiger partial charge in [-0.1, -0.05) is 37.8 Å². The van der Waals surface area contributed by atoms with E-state index in [1.807, 2.05) is 0 Å². The predicted molar refractivity (Wildman–Crippen MR) is 84.7 cm³/mol. The number of nitrogens with one attached hydrogen (secondary N) is 1. The third-order valence-corrected chi connectivity index (χ3v) is 6.07. The molecule has 0 aliphatic heterocycles. The highest BCUT2D eigenvalue weighted by Gasteiger charge is 2.50. The summed E-state index contributed by atoms with van der Waals surface area (Å²) in [6.45, 7) is 2.23. The molecular weight excluding hydrogens is 300 g/mol. The van der Waals surface area contributed by atoms with Gasteiger partial charge >= 0.3 is 0 Å². The standard InChI is InChI=1S/C16H30N2O5/c1-15(10-5-3-4-6-11-15)16(17-19)12-7-8-14(9-13-16)18(20)22-23-21-2/h14,18H,3-13H2,1-2H3. The predicted octanol–water partition coefficient (Wildman–Crippen LogP) is 2.99. The van der Waals surface area contributed by atoms with Crippen molar-refractivity contribution in [2.45, 2.75) is 89.1 Å². The molecule has 7 nitrogen and oxygen atoms in total. The maximum atomic E-state index is 12.0. The van der Waals surface area contributed by atoms with E-state index in [-0.39, 0.29) is 11.5 Å². The van der Waals surface area contributed by atoms with Gasteiger partial charge in [0, 0.05) is 12.8 Å². The molecule has 2 fully saturated rings. The van der Waals surface area contributed by atoms with Crippen LogP contribution in [0.2, 0.25) is 0 Å². The lowest BCUT2D eigenvalue weighted by Gasteiger charge is -2.43. The first kappa shape index (κ1) is 18.7. The van der Waals surface area contributed by atoms with Crippen LogP contribution >= 0.6 is 0 Å². The van der Waals surface area contributed by atoms with Crippen molar-refractivity contribution in [2.24, 2.45) is 10.6 Å². The van der Waals surface area contributed by atoms with Crippen molar-refractivity contribution in [1.29, 1.82) is 0 Å². The maximum Gasteiger partial charge on any atom is 0.120 e. The Labute approximate surface area is 138 Å². The third-order valence-electron chi connectivity index (χ3n) is 6.07. The second-order valence-corrected chi connectivity index (χ2v) is 7.36. The van der Waals surface area contributed by atoms with Crippen molar-refractivity contribution >= 4 is 0 Å². The average Bonchev–Trinajstić information content (AvgIpc) is 2.92. The van der Waals surface area contributed by atoms with E-state index < -0.39 is 10.8 Å². The molecule has 23 heavy (non-hydrogen) atoms. The minimum Gasteiger partial charge on any atom is -0.597 e. The van der Waals surface area contributed by atoms with Crippen molar-refractivity contribution in [3.05, 3.63) is 10.1 Å². The zero-order chi connectivity index (χ0) is 16.8. The summed E-state index contributed by atoms with van der Waals surface area (Å²) in [6.07, 6.45) is 10.5. The fourth-order valence-electron chi connectivity index (χ4n) is 4.47. The summed E-state index contributed by atoms with van der Waals surface area (Å²) >= 11 is 0. The largest absolute Gasteiger partial charge is 0.597 e. The molecule has 3 atom stereocenters. The average molecular weight is 330 g/mol. The molecule has 0 aromatic heterocycles. The number of rotatable bonds is 6. The molecule has 0 aromatic carbocycles. The molecule has 0 bridgehead atoms. The van der Waals surface area contributed by atoms with Crippen LogP contribution in [-0.2, 0) is 14.9 Å². The highest BCUT2D eigenvalue weighted by atomic mass is 17.6. The molecule has 0 heterocycles. The first-order chi connectivity index (χ1) is 11.1. The van der Waals surface area contributed by atoms with E-state index in [0.29, 0.717) is 19.3 Å². The lowest BCUT2D eigenvalue weighted by Crippen LogP contribution is -3.10. The van der Waals surface area contributed by atoms with Crippen LogP contribution in [0.3, 0.4) is 0 Å². The molecule has 2 rings (SSSR count). The monoisotopic (exact) mass is 330 g/mol. The Hall–Kier alpha value is -0.600. The summed E-state index contributed by atoms with van der Waals surface area (Å²) in [5, 5.41) is 19.5. The Morgan fingerprint density at radius 1 is 1.04 bits per heavy atom. The number of hydrogen-bond donors (Lipinski definition) is 1. The highest BCUT2D eigenvalue weighted by Crippen LogP contribution is 2.51. The molecule has 3 unspecified atom stereocenters. The Balaban J connectivity index is 2.06.